The van der Waals surface area contributed by atoms with Gasteiger partial charge in [0, 0.05) is 12.2 Å². The Balaban J connectivity index is 1.99. The Kier molecular flexibility index (Phi) is 2.40. The molecule has 3 rings (SSSR count). The van der Waals surface area contributed by atoms with Crippen LogP contribution >= 0.6 is 0 Å². The van der Waals surface area contributed by atoms with Crippen molar-refractivity contribution in [3.8, 4) is 0 Å². The first-order valence-electron chi connectivity index (χ1n) is 5.74. The van der Waals surface area contributed by atoms with Crippen LogP contribution in [0.3, 0.4) is 0 Å². The van der Waals surface area contributed by atoms with Crippen LogP contribution < -0.4 is 10.6 Å². The van der Waals surface area contributed by atoms with Gasteiger partial charge in [0.1, 0.15) is 5.52 Å². The third kappa shape index (κ3) is 1.82. The maximum absolute atomic E-state index is 5.74. The van der Waals surface area contributed by atoms with Crippen molar-refractivity contribution in [2.45, 2.75) is 13.0 Å². The number of nitrogen functional groups attached to an aromatic ring is 1. The zero-order chi connectivity index (χ0) is 11.8. The van der Waals surface area contributed by atoms with Gasteiger partial charge in [0.15, 0.2) is 5.58 Å². The smallest absolute Gasteiger partial charge is 0.298 e. The van der Waals surface area contributed by atoms with E-state index < -0.39 is 0 Å². The number of fused-ring (bicyclic) bond motifs is 1. The van der Waals surface area contributed by atoms with E-state index in [9.17, 15) is 0 Å². The molecule has 90 valence electrons. The summed E-state index contributed by atoms with van der Waals surface area (Å²) in [5.41, 5.74) is 8.00. The van der Waals surface area contributed by atoms with Gasteiger partial charge in [-0.1, -0.05) is 0 Å². The third-order valence-corrected chi connectivity index (χ3v) is 3.01. The van der Waals surface area contributed by atoms with E-state index in [1.165, 1.54) is 0 Å². The van der Waals surface area contributed by atoms with E-state index in [1.807, 2.05) is 18.2 Å². The Labute approximate surface area is 99.2 Å². The molecule has 1 atom stereocenters. The van der Waals surface area contributed by atoms with E-state index in [-0.39, 0.29) is 6.04 Å². The predicted molar refractivity (Wildman–Crippen MR) is 66.0 cm³/mol. The number of oxazole rings is 1. The number of benzene rings is 1. The fraction of sp³-hybridized carbons (Fsp3) is 0.417. The maximum Gasteiger partial charge on any atom is 0.298 e. The molecule has 0 spiro atoms. The van der Waals surface area contributed by atoms with Crippen LogP contribution in [0.25, 0.3) is 11.1 Å². The highest BCUT2D eigenvalue weighted by Gasteiger charge is 2.23. The highest BCUT2D eigenvalue weighted by atomic mass is 16.5. The van der Waals surface area contributed by atoms with Crippen molar-refractivity contribution in [1.82, 2.24) is 4.98 Å². The van der Waals surface area contributed by atoms with Crippen molar-refractivity contribution in [2.24, 2.45) is 0 Å². The molecule has 2 heterocycles. The lowest BCUT2D eigenvalue weighted by atomic mass is 10.3. The largest absolute Gasteiger partial charge is 0.423 e. The van der Waals surface area contributed by atoms with Crippen LogP contribution in [-0.2, 0) is 4.74 Å². The van der Waals surface area contributed by atoms with Crippen LogP contribution in [0.5, 0.6) is 0 Å². The molecular weight excluding hydrogens is 218 g/mol. The van der Waals surface area contributed by atoms with E-state index in [4.69, 9.17) is 14.9 Å². The maximum atomic E-state index is 5.74. The summed E-state index contributed by atoms with van der Waals surface area (Å²) in [6, 6.07) is 6.44. The van der Waals surface area contributed by atoms with Gasteiger partial charge in [-0.05, 0) is 25.1 Å². The molecule has 2 N–H and O–H groups in total. The van der Waals surface area contributed by atoms with Crippen LogP contribution in [-0.4, -0.2) is 30.8 Å². The quantitative estimate of drug-likeness (QED) is 0.758. The molecule has 17 heavy (non-hydrogen) atoms. The van der Waals surface area contributed by atoms with Gasteiger partial charge in [-0.15, -0.1) is 0 Å². The van der Waals surface area contributed by atoms with Gasteiger partial charge in [0.2, 0.25) is 0 Å². The molecule has 1 saturated heterocycles. The first-order chi connectivity index (χ1) is 8.24. The van der Waals surface area contributed by atoms with Gasteiger partial charge in [-0.3, -0.25) is 0 Å². The van der Waals surface area contributed by atoms with Crippen LogP contribution in [0.1, 0.15) is 6.92 Å². The van der Waals surface area contributed by atoms with Crippen molar-refractivity contribution in [3.63, 3.8) is 0 Å². The Bertz CT molecular complexity index is 538. The lowest BCUT2D eigenvalue weighted by Crippen LogP contribution is -2.43. The SMILES string of the molecule is CC1COCCN1c1nc2cc(N)ccc2o1. The van der Waals surface area contributed by atoms with Crippen molar-refractivity contribution < 1.29 is 9.15 Å². The minimum atomic E-state index is 0.286. The van der Waals surface area contributed by atoms with Gasteiger partial charge in [-0.2, -0.15) is 4.98 Å². The van der Waals surface area contributed by atoms with Crippen molar-refractivity contribution in [3.05, 3.63) is 18.2 Å². The average Bonchev–Trinajstić information content (AvgIpc) is 2.72. The molecular formula is C12H15N3O2. The van der Waals surface area contributed by atoms with Gasteiger partial charge in [-0.25, -0.2) is 0 Å². The number of nitrogens with zero attached hydrogens (tertiary/aromatic N) is 2. The average molecular weight is 233 g/mol. The second kappa shape index (κ2) is 3.92. The van der Waals surface area contributed by atoms with E-state index in [0.29, 0.717) is 24.9 Å². The van der Waals surface area contributed by atoms with Crippen molar-refractivity contribution in [2.75, 3.05) is 30.4 Å². The number of nitrogens with two attached hydrogens (primary N) is 1. The molecule has 1 aliphatic heterocycles. The molecule has 0 radical (unpaired) electrons. The molecule has 1 aliphatic rings. The molecule has 0 saturated carbocycles. The molecule has 5 nitrogen and oxygen atoms in total. The Morgan fingerprint density at radius 2 is 2.35 bits per heavy atom. The third-order valence-electron chi connectivity index (χ3n) is 3.01. The van der Waals surface area contributed by atoms with Crippen LogP contribution in [0.4, 0.5) is 11.7 Å². The fourth-order valence-corrected chi connectivity index (χ4v) is 2.07. The number of hydrogen-bond donors (Lipinski definition) is 1. The Morgan fingerprint density at radius 1 is 1.47 bits per heavy atom. The zero-order valence-electron chi connectivity index (χ0n) is 9.72. The summed E-state index contributed by atoms with van der Waals surface area (Å²) in [6.07, 6.45) is 0. The number of aromatic nitrogens is 1. The molecule has 0 aliphatic carbocycles. The second-order valence-corrected chi connectivity index (χ2v) is 4.34. The van der Waals surface area contributed by atoms with Crippen LogP contribution in [0.15, 0.2) is 22.6 Å². The number of rotatable bonds is 1. The topological polar surface area (TPSA) is 64.5 Å². The molecule has 0 bridgehead atoms. The molecule has 2 aromatic rings. The van der Waals surface area contributed by atoms with Gasteiger partial charge in [0.25, 0.3) is 6.01 Å². The minimum Gasteiger partial charge on any atom is -0.423 e. The molecule has 0 amide bonds. The van der Waals surface area contributed by atoms with E-state index in [0.717, 1.165) is 17.6 Å². The lowest BCUT2D eigenvalue weighted by molar-refractivity contribution is 0.0963. The fourth-order valence-electron chi connectivity index (χ4n) is 2.07. The molecule has 1 aromatic carbocycles. The second-order valence-electron chi connectivity index (χ2n) is 4.34. The van der Waals surface area contributed by atoms with Gasteiger partial charge >= 0.3 is 0 Å². The van der Waals surface area contributed by atoms with E-state index in [1.54, 1.807) is 0 Å². The molecule has 1 fully saturated rings. The number of hydrogen-bond acceptors (Lipinski definition) is 5. The van der Waals surface area contributed by atoms with Crippen molar-refractivity contribution >= 4 is 22.8 Å². The first kappa shape index (κ1) is 10.4. The summed E-state index contributed by atoms with van der Waals surface area (Å²) in [4.78, 5) is 6.60. The molecule has 1 unspecified atom stereocenters. The summed E-state index contributed by atoms with van der Waals surface area (Å²) in [7, 11) is 0. The van der Waals surface area contributed by atoms with Gasteiger partial charge in [0.05, 0.1) is 19.3 Å². The Hall–Kier alpha value is -1.75. The van der Waals surface area contributed by atoms with E-state index in [2.05, 4.69) is 16.8 Å². The summed E-state index contributed by atoms with van der Waals surface area (Å²) in [6.45, 7) is 4.33. The van der Waals surface area contributed by atoms with Gasteiger partial charge < -0.3 is 19.8 Å². The van der Waals surface area contributed by atoms with Crippen LogP contribution in [0, 0.1) is 0 Å². The monoisotopic (exact) mass is 233 g/mol. The lowest BCUT2D eigenvalue weighted by Gasteiger charge is -2.31. The summed E-state index contributed by atoms with van der Waals surface area (Å²) in [5, 5.41) is 0. The summed E-state index contributed by atoms with van der Waals surface area (Å²) < 4.78 is 11.1. The van der Waals surface area contributed by atoms with Crippen LogP contribution in [0.2, 0.25) is 0 Å². The predicted octanol–water partition coefficient (Wildman–Crippen LogP) is 1.64. The molecule has 1 aromatic heterocycles. The van der Waals surface area contributed by atoms with Crippen molar-refractivity contribution in [1.29, 1.82) is 0 Å². The summed E-state index contributed by atoms with van der Waals surface area (Å²) >= 11 is 0. The zero-order valence-corrected chi connectivity index (χ0v) is 9.72. The Morgan fingerprint density at radius 3 is 3.18 bits per heavy atom. The number of ether oxygens (including phenoxy) is 1. The van der Waals surface area contributed by atoms with E-state index >= 15 is 0 Å². The standard InChI is InChI=1S/C12H15N3O2/c1-8-7-16-5-4-15(8)12-14-10-6-9(13)2-3-11(10)17-12/h2-3,6,8H,4-5,7,13H2,1H3. The number of morpholine rings is 1. The highest BCUT2D eigenvalue weighted by molar-refractivity contribution is 5.78. The molecule has 5 heteroatoms. The first-order valence-corrected chi connectivity index (χ1v) is 5.74. The highest BCUT2D eigenvalue weighted by Crippen LogP contribution is 2.25. The minimum absolute atomic E-state index is 0.286. The normalized spacial score (nSPS) is 21.0. The summed E-state index contributed by atoms with van der Waals surface area (Å²) in [5.74, 6) is 0. The number of anilines is 2.